The first kappa shape index (κ1) is 14.9. The number of hydrogen-bond donors (Lipinski definition) is 1. The standard InChI is InChI=1S/C9H14N2O6/c1-15-7(12)5-4-6(8(13)16-2)10-11-9(14)17-3/h4-5H2,1-3H3,(H,11,14)/b10-6+. The van der Waals surface area contributed by atoms with Crippen LogP contribution in [0, 0.1) is 0 Å². The van der Waals surface area contributed by atoms with Gasteiger partial charge in [-0.25, -0.2) is 15.0 Å². The minimum atomic E-state index is -0.829. The fraction of sp³-hybridized carbons (Fsp3) is 0.556. The Morgan fingerprint density at radius 2 is 1.65 bits per heavy atom. The van der Waals surface area contributed by atoms with Gasteiger partial charge in [-0.1, -0.05) is 0 Å². The molecule has 0 unspecified atom stereocenters. The lowest BCUT2D eigenvalue weighted by atomic mass is 10.2. The third-order valence-electron chi connectivity index (χ3n) is 1.68. The van der Waals surface area contributed by atoms with Gasteiger partial charge in [0.25, 0.3) is 0 Å². The molecule has 0 radical (unpaired) electrons. The van der Waals surface area contributed by atoms with Gasteiger partial charge in [0.1, 0.15) is 5.71 Å². The van der Waals surface area contributed by atoms with Crippen molar-refractivity contribution in [1.82, 2.24) is 5.43 Å². The van der Waals surface area contributed by atoms with Crippen LogP contribution in [0.2, 0.25) is 0 Å². The van der Waals surface area contributed by atoms with Crippen LogP contribution >= 0.6 is 0 Å². The highest BCUT2D eigenvalue weighted by atomic mass is 16.5. The second kappa shape index (κ2) is 8.08. The Balaban J connectivity index is 4.48. The molecule has 0 aliphatic carbocycles. The van der Waals surface area contributed by atoms with E-state index in [9.17, 15) is 14.4 Å². The Hall–Kier alpha value is -2.12. The van der Waals surface area contributed by atoms with Gasteiger partial charge in [-0.15, -0.1) is 0 Å². The first-order valence-corrected chi connectivity index (χ1v) is 4.60. The molecular weight excluding hydrogens is 232 g/mol. The summed E-state index contributed by atoms with van der Waals surface area (Å²) in [5, 5.41) is 3.48. The van der Waals surface area contributed by atoms with Gasteiger partial charge in [0.15, 0.2) is 0 Å². The molecule has 8 heteroatoms. The summed E-state index contributed by atoms with van der Waals surface area (Å²) < 4.78 is 13.1. The van der Waals surface area contributed by atoms with Gasteiger partial charge in [-0.05, 0) is 0 Å². The number of amides is 1. The molecule has 0 aromatic heterocycles. The number of nitrogens with zero attached hydrogens (tertiary/aromatic N) is 1. The molecule has 0 saturated carbocycles. The summed E-state index contributed by atoms with van der Waals surface area (Å²) in [6.45, 7) is 0. The molecule has 0 rings (SSSR count). The second-order valence-corrected chi connectivity index (χ2v) is 2.73. The number of carbonyl (C=O) groups excluding carboxylic acids is 3. The lowest BCUT2D eigenvalue weighted by Crippen LogP contribution is -2.24. The molecular formula is C9H14N2O6. The maximum Gasteiger partial charge on any atom is 0.427 e. The van der Waals surface area contributed by atoms with Crippen LogP contribution in [-0.4, -0.2) is 45.1 Å². The SMILES string of the molecule is COC(=O)CC/C(=N\NC(=O)OC)C(=O)OC. The highest BCUT2D eigenvalue weighted by Gasteiger charge is 2.15. The maximum absolute atomic E-state index is 11.2. The monoisotopic (exact) mass is 246 g/mol. The Morgan fingerprint density at radius 1 is 1.00 bits per heavy atom. The third kappa shape index (κ3) is 6.13. The maximum atomic E-state index is 11.2. The molecule has 0 aliphatic heterocycles. The van der Waals surface area contributed by atoms with Crippen molar-refractivity contribution in [1.29, 1.82) is 0 Å². The molecule has 0 bridgehead atoms. The Kier molecular flexibility index (Phi) is 7.07. The van der Waals surface area contributed by atoms with Crippen molar-refractivity contribution >= 4 is 23.7 Å². The molecule has 1 N–H and O–H groups in total. The molecule has 0 aliphatic rings. The fourth-order valence-electron chi connectivity index (χ4n) is 0.803. The van der Waals surface area contributed by atoms with Crippen LogP contribution in [0.5, 0.6) is 0 Å². The second-order valence-electron chi connectivity index (χ2n) is 2.73. The normalized spacial score (nSPS) is 10.4. The first-order chi connectivity index (χ1) is 8.04. The van der Waals surface area contributed by atoms with E-state index < -0.39 is 18.0 Å². The average Bonchev–Trinajstić information content (AvgIpc) is 2.36. The van der Waals surface area contributed by atoms with Gasteiger partial charge in [0.05, 0.1) is 27.8 Å². The number of nitrogens with one attached hydrogen (secondary N) is 1. The summed E-state index contributed by atoms with van der Waals surface area (Å²) in [4.78, 5) is 32.8. The van der Waals surface area contributed by atoms with E-state index >= 15 is 0 Å². The molecule has 96 valence electrons. The van der Waals surface area contributed by atoms with E-state index in [0.717, 1.165) is 14.2 Å². The van der Waals surface area contributed by atoms with E-state index in [1.165, 1.54) is 7.11 Å². The Labute approximate surface area is 97.9 Å². The number of carbonyl (C=O) groups is 3. The van der Waals surface area contributed by atoms with E-state index in [0.29, 0.717) is 0 Å². The molecule has 0 fully saturated rings. The number of hydrogen-bond acceptors (Lipinski definition) is 7. The van der Waals surface area contributed by atoms with Crippen LogP contribution in [0.3, 0.4) is 0 Å². The minimum absolute atomic E-state index is 0.0106. The molecule has 0 atom stereocenters. The largest absolute Gasteiger partial charge is 0.469 e. The van der Waals surface area contributed by atoms with Crippen molar-refractivity contribution in [2.75, 3.05) is 21.3 Å². The van der Waals surface area contributed by atoms with E-state index in [2.05, 4.69) is 19.3 Å². The number of ether oxygens (including phenoxy) is 3. The number of methoxy groups -OCH3 is 3. The van der Waals surface area contributed by atoms with Gasteiger partial charge < -0.3 is 14.2 Å². The summed E-state index contributed by atoms with van der Waals surface area (Å²) in [7, 11) is 3.54. The lowest BCUT2D eigenvalue weighted by Gasteiger charge is -2.04. The zero-order valence-corrected chi connectivity index (χ0v) is 9.81. The quantitative estimate of drug-likeness (QED) is 0.312. The summed E-state index contributed by atoms with van der Waals surface area (Å²) in [6.07, 6.45) is -0.888. The predicted octanol–water partition coefficient (Wildman–Crippen LogP) is -0.175. The number of rotatable bonds is 5. The zero-order chi connectivity index (χ0) is 13.3. The molecule has 0 heterocycles. The Morgan fingerprint density at radius 3 is 2.12 bits per heavy atom. The summed E-state index contributed by atoms with van der Waals surface area (Å²) >= 11 is 0. The smallest absolute Gasteiger partial charge is 0.427 e. The Bertz CT molecular complexity index is 325. The van der Waals surface area contributed by atoms with Gasteiger partial charge in [0.2, 0.25) is 0 Å². The van der Waals surface area contributed by atoms with Crippen molar-refractivity contribution in [2.45, 2.75) is 12.8 Å². The first-order valence-electron chi connectivity index (χ1n) is 4.60. The van der Waals surface area contributed by atoms with Gasteiger partial charge >= 0.3 is 18.0 Å². The van der Waals surface area contributed by atoms with E-state index in [1.807, 2.05) is 5.43 Å². The molecule has 1 amide bonds. The van der Waals surface area contributed by atoms with Crippen molar-refractivity contribution < 1.29 is 28.6 Å². The van der Waals surface area contributed by atoms with E-state index in [-0.39, 0.29) is 18.6 Å². The van der Waals surface area contributed by atoms with E-state index in [4.69, 9.17) is 0 Å². The summed E-state index contributed by atoms with van der Waals surface area (Å²) in [5.41, 5.74) is 1.86. The zero-order valence-electron chi connectivity index (χ0n) is 9.81. The lowest BCUT2D eigenvalue weighted by molar-refractivity contribution is -0.140. The molecule has 0 spiro atoms. The number of esters is 2. The van der Waals surface area contributed by atoms with Crippen LogP contribution in [0.25, 0.3) is 0 Å². The van der Waals surface area contributed by atoms with Gasteiger partial charge in [0, 0.05) is 6.42 Å². The van der Waals surface area contributed by atoms with Crippen LogP contribution < -0.4 is 5.43 Å². The van der Waals surface area contributed by atoms with Gasteiger partial charge in [-0.2, -0.15) is 5.10 Å². The minimum Gasteiger partial charge on any atom is -0.469 e. The molecule has 8 nitrogen and oxygen atoms in total. The molecule has 0 aromatic carbocycles. The van der Waals surface area contributed by atoms with Crippen LogP contribution in [0.1, 0.15) is 12.8 Å². The highest BCUT2D eigenvalue weighted by molar-refractivity contribution is 6.36. The average molecular weight is 246 g/mol. The van der Waals surface area contributed by atoms with Crippen molar-refractivity contribution in [3.05, 3.63) is 0 Å². The van der Waals surface area contributed by atoms with Gasteiger partial charge in [-0.3, -0.25) is 4.79 Å². The molecule has 17 heavy (non-hydrogen) atoms. The fourth-order valence-corrected chi connectivity index (χ4v) is 0.803. The summed E-state index contributed by atoms with van der Waals surface area (Å²) in [5.74, 6) is -1.25. The van der Waals surface area contributed by atoms with E-state index in [1.54, 1.807) is 0 Å². The predicted molar refractivity (Wildman–Crippen MR) is 56.2 cm³/mol. The van der Waals surface area contributed by atoms with Crippen molar-refractivity contribution in [3.63, 3.8) is 0 Å². The van der Waals surface area contributed by atoms with Crippen LogP contribution in [0.15, 0.2) is 5.10 Å². The summed E-state index contributed by atoms with van der Waals surface area (Å²) in [6, 6.07) is 0. The van der Waals surface area contributed by atoms with Crippen molar-refractivity contribution in [2.24, 2.45) is 5.10 Å². The number of hydrazone groups is 1. The van der Waals surface area contributed by atoms with Crippen molar-refractivity contribution in [3.8, 4) is 0 Å². The molecule has 0 aromatic rings. The van der Waals surface area contributed by atoms with Crippen LogP contribution in [-0.2, 0) is 23.8 Å². The third-order valence-corrected chi connectivity index (χ3v) is 1.68. The molecule has 0 saturated heterocycles. The van der Waals surface area contributed by atoms with Crippen LogP contribution in [0.4, 0.5) is 4.79 Å². The highest BCUT2D eigenvalue weighted by Crippen LogP contribution is 1.97. The topological polar surface area (TPSA) is 103 Å².